The summed E-state index contributed by atoms with van der Waals surface area (Å²) in [7, 11) is 2.00. The second-order valence-electron chi connectivity index (χ2n) is 4.22. The summed E-state index contributed by atoms with van der Waals surface area (Å²) in [4.78, 5) is 0. The van der Waals surface area contributed by atoms with Gasteiger partial charge in [-0.15, -0.1) is 11.2 Å². The number of aliphatic hydroxyl groups is 2. The summed E-state index contributed by atoms with van der Waals surface area (Å²) < 4.78 is 0. The molecule has 0 aromatic carbocycles. The Morgan fingerprint density at radius 2 is 0.600 bits per heavy atom. The number of hydrogen-bond donors (Lipinski definition) is 2. The maximum absolute atomic E-state index is 10.1. The Morgan fingerprint density at radius 3 is 0.600 bits per heavy atom. The van der Waals surface area contributed by atoms with Gasteiger partial charge in [0, 0.05) is 14.2 Å². The molecule has 0 saturated heterocycles. The van der Waals surface area contributed by atoms with E-state index in [1.807, 2.05) is 0 Å². The SMILES string of the molecule is CC(C)(C)[O-].CC(C)(C)[O-].CO.CO.[Zr+2]. The average Bonchev–Trinajstić information content (AvgIpc) is 1.88. The maximum atomic E-state index is 10.1. The van der Waals surface area contributed by atoms with Crippen LogP contribution in [-0.4, -0.2) is 35.6 Å². The fourth-order valence-corrected chi connectivity index (χ4v) is 0. The first-order valence-corrected chi connectivity index (χ1v) is 4.30. The minimum absolute atomic E-state index is 0. The zero-order valence-electron chi connectivity index (χ0n) is 11.2. The third-order valence-corrected chi connectivity index (χ3v) is 0. The van der Waals surface area contributed by atoms with Gasteiger partial charge in [0.05, 0.1) is 0 Å². The van der Waals surface area contributed by atoms with Crippen LogP contribution in [0.5, 0.6) is 0 Å². The smallest absolute Gasteiger partial charge is 0.850 e. The van der Waals surface area contributed by atoms with Crippen molar-refractivity contribution in [2.45, 2.75) is 52.7 Å². The van der Waals surface area contributed by atoms with Crippen LogP contribution in [0, 0.1) is 0 Å². The summed E-state index contributed by atoms with van der Waals surface area (Å²) in [6.07, 6.45) is 0. The topological polar surface area (TPSA) is 86.6 Å². The molecule has 94 valence electrons. The molecule has 0 heterocycles. The molecule has 0 radical (unpaired) electrons. The van der Waals surface area contributed by atoms with Crippen LogP contribution < -0.4 is 10.2 Å². The van der Waals surface area contributed by atoms with E-state index in [4.69, 9.17) is 10.2 Å². The summed E-state index contributed by atoms with van der Waals surface area (Å²) in [6, 6.07) is 0. The van der Waals surface area contributed by atoms with Crippen molar-refractivity contribution >= 4 is 0 Å². The van der Waals surface area contributed by atoms with E-state index in [9.17, 15) is 10.2 Å². The van der Waals surface area contributed by atoms with Gasteiger partial charge in [0.15, 0.2) is 0 Å². The van der Waals surface area contributed by atoms with Crippen molar-refractivity contribution in [1.82, 2.24) is 0 Å². The van der Waals surface area contributed by atoms with E-state index >= 15 is 0 Å². The van der Waals surface area contributed by atoms with Crippen molar-refractivity contribution in [3.8, 4) is 0 Å². The molecular weight excluding hydrogens is 275 g/mol. The molecule has 0 saturated carbocycles. The van der Waals surface area contributed by atoms with Gasteiger partial charge in [0.1, 0.15) is 0 Å². The average molecular weight is 302 g/mol. The standard InChI is InChI=1S/2C4H9O.2CH4O.Zr/c2*1-4(2,3)5;2*1-2;/h2*1-3H3;2*2H,1H3;/q2*-1;;;+2. The van der Waals surface area contributed by atoms with Gasteiger partial charge in [-0.3, -0.25) is 0 Å². The summed E-state index contributed by atoms with van der Waals surface area (Å²) in [6.45, 7) is 9.79. The van der Waals surface area contributed by atoms with Crippen molar-refractivity contribution < 1.29 is 46.6 Å². The summed E-state index contributed by atoms with van der Waals surface area (Å²) in [5, 5.41) is 34.2. The predicted molar refractivity (Wildman–Crippen MR) is 55.8 cm³/mol. The molecule has 4 nitrogen and oxygen atoms in total. The quantitative estimate of drug-likeness (QED) is 0.632. The predicted octanol–water partition coefficient (Wildman–Crippen LogP) is -0.495. The van der Waals surface area contributed by atoms with Gasteiger partial charge in [-0.05, 0) is 0 Å². The normalized spacial score (nSPS) is 8.80. The molecule has 15 heavy (non-hydrogen) atoms. The molecule has 0 amide bonds. The fraction of sp³-hybridized carbons (Fsp3) is 1.00. The molecule has 0 aliphatic carbocycles. The van der Waals surface area contributed by atoms with Gasteiger partial charge >= 0.3 is 26.2 Å². The maximum Gasteiger partial charge on any atom is 2.00 e. The molecule has 2 N–H and O–H groups in total. The van der Waals surface area contributed by atoms with Crippen molar-refractivity contribution in [2.24, 2.45) is 0 Å². The van der Waals surface area contributed by atoms with Crippen LogP contribution in [0.25, 0.3) is 0 Å². The minimum Gasteiger partial charge on any atom is -0.850 e. The van der Waals surface area contributed by atoms with Gasteiger partial charge in [-0.25, -0.2) is 0 Å². The van der Waals surface area contributed by atoms with E-state index in [1.54, 1.807) is 41.5 Å². The van der Waals surface area contributed by atoms with Crippen LogP contribution in [-0.2, 0) is 26.2 Å². The Balaban J connectivity index is -0.0000000318. The van der Waals surface area contributed by atoms with Gasteiger partial charge in [0.2, 0.25) is 0 Å². The molecule has 0 aromatic heterocycles. The van der Waals surface area contributed by atoms with Crippen molar-refractivity contribution in [3.05, 3.63) is 0 Å². The van der Waals surface area contributed by atoms with E-state index in [-0.39, 0.29) is 26.2 Å². The van der Waals surface area contributed by atoms with E-state index < -0.39 is 11.2 Å². The summed E-state index contributed by atoms with van der Waals surface area (Å²) in [5.41, 5.74) is -1.50. The zero-order chi connectivity index (χ0) is 13.0. The second-order valence-corrected chi connectivity index (χ2v) is 4.22. The molecule has 0 spiro atoms. The monoisotopic (exact) mass is 300 g/mol. The molecule has 0 aliphatic rings. The minimum atomic E-state index is -0.750. The molecule has 0 unspecified atom stereocenters. The van der Waals surface area contributed by atoms with Crippen LogP contribution in [0.15, 0.2) is 0 Å². The third-order valence-electron chi connectivity index (χ3n) is 0. The summed E-state index contributed by atoms with van der Waals surface area (Å²) in [5.74, 6) is 0. The molecule has 0 atom stereocenters. The van der Waals surface area contributed by atoms with Crippen molar-refractivity contribution in [3.63, 3.8) is 0 Å². The molecular formula is C10H26O4Zr. The van der Waals surface area contributed by atoms with E-state index in [2.05, 4.69) is 0 Å². The molecule has 0 aliphatic heterocycles. The Bertz CT molecular complexity index is 60.4. The Labute approximate surface area is 113 Å². The van der Waals surface area contributed by atoms with Gasteiger partial charge < -0.3 is 20.4 Å². The summed E-state index contributed by atoms with van der Waals surface area (Å²) >= 11 is 0. The Hall–Kier alpha value is 0.723. The van der Waals surface area contributed by atoms with Crippen LogP contribution in [0.3, 0.4) is 0 Å². The van der Waals surface area contributed by atoms with E-state index in [0.29, 0.717) is 0 Å². The van der Waals surface area contributed by atoms with Gasteiger partial charge in [-0.1, -0.05) is 41.5 Å². The van der Waals surface area contributed by atoms with Crippen LogP contribution in [0.4, 0.5) is 0 Å². The number of aliphatic hydroxyl groups excluding tert-OH is 2. The van der Waals surface area contributed by atoms with E-state index in [0.717, 1.165) is 14.2 Å². The molecule has 0 fully saturated rings. The van der Waals surface area contributed by atoms with Gasteiger partial charge in [-0.2, -0.15) is 0 Å². The molecule has 0 aromatic rings. The Kier molecular flexibility index (Phi) is 33.8. The van der Waals surface area contributed by atoms with Crippen LogP contribution in [0.2, 0.25) is 0 Å². The molecule has 0 rings (SSSR count). The van der Waals surface area contributed by atoms with E-state index in [1.165, 1.54) is 0 Å². The van der Waals surface area contributed by atoms with Crippen molar-refractivity contribution in [2.75, 3.05) is 14.2 Å². The van der Waals surface area contributed by atoms with Crippen LogP contribution in [0.1, 0.15) is 41.5 Å². The first kappa shape index (κ1) is 29.6. The first-order valence-electron chi connectivity index (χ1n) is 4.30. The number of hydrogen-bond acceptors (Lipinski definition) is 4. The molecule has 0 bridgehead atoms. The van der Waals surface area contributed by atoms with Crippen molar-refractivity contribution in [1.29, 1.82) is 0 Å². The Morgan fingerprint density at radius 1 is 0.600 bits per heavy atom. The zero-order valence-corrected chi connectivity index (χ0v) is 13.7. The first-order chi connectivity index (χ1) is 6.00. The molecule has 5 heteroatoms. The van der Waals surface area contributed by atoms with Gasteiger partial charge in [0.25, 0.3) is 0 Å². The third kappa shape index (κ3) is 4560. The number of rotatable bonds is 0. The largest absolute Gasteiger partial charge is 2.00 e. The van der Waals surface area contributed by atoms with Crippen LogP contribution >= 0.6 is 0 Å². The second kappa shape index (κ2) is 17.1. The fourth-order valence-electron chi connectivity index (χ4n) is 0.